The molecule has 1 aromatic rings. The van der Waals surface area contributed by atoms with Gasteiger partial charge in [-0.05, 0) is 38.5 Å². The lowest BCUT2D eigenvalue weighted by Crippen LogP contribution is -2.29. The van der Waals surface area contributed by atoms with Crippen molar-refractivity contribution in [1.82, 2.24) is 0 Å². The molecule has 15 heavy (non-hydrogen) atoms. The summed E-state index contributed by atoms with van der Waals surface area (Å²) in [5.74, 6) is 0. The summed E-state index contributed by atoms with van der Waals surface area (Å²) < 4.78 is 6.44. The Morgan fingerprint density at radius 1 is 1.33 bits per heavy atom. The van der Waals surface area contributed by atoms with Crippen LogP contribution in [0.25, 0.3) is 0 Å². The molecule has 1 aromatic carbocycles. The van der Waals surface area contributed by atoms with Gasteiger partial charge in [0.05, 0.1) is 12.7 Å². The van der Waals surface area contributed by atoms with E-state index in [1.165, 1.54) is 0 Å². The maximum Gasteiger partial charge on any atom is 0.110 e. The van der Waals surface area contributed by atoms with Crippen molar-refractivity contribution >= 4 is 15.9 Å². The number of hydrogen-bond donors (Lipinski definition) is 1. The molecule has 3 heteroatoms. The molecule has 0 aliphatic carbocycles. The molecule has 0 heterocycles. The van der Waals surface area contributed by atoms with Crippen LogP contribution in [0.3, 0.4) is 0 Å². The highest BCUT2D eigenvalue weighted by molar-refractivity contribution is 9.10. The Bertz CT molecular complexity index is 304. The summed E-state index contributed by atoms with van der Waals surface area (Å²) in [7, 11) is 0. The molecule has 1 rings (SSSR count). The van der Waals surface area contributed by atoms with Gasteiger partial charge in [0.15, 0.2) is 0 Å². The van der Waals surface area contributed by atoms with Crippen molar-refractivity contribution in [3.63, 3.8) is 0 Å². The Kier molecular flexibility index (Phi) is 4.32. The molecule has 0 saturated carbocycles. The molecule has 2 nitrogen and oxygen atoms in total. The maximum atomic E-state index is 10.2. The van der Waals surface area contributed by atoms with Crippen LogP contribution in [0.4, 0.5) is 0 Å². The molecule has 0 fully saturated rings. The van der Waals surface area contributed by atoms with Crippen molar-refractivity contribution in [2.75, 3.05) is 6.61 Å². The van der Waals surface area contributed by atoms with Crippen LogP contribution in [0, 0.1) is 0 Å². The first-order valence-electron chi connectivity index (χ1n) is 5.02. The largest absolute Gasteiger partial charge is 0.383 e. The van der Waals surface area contributed by atoms with Crippen LogP contribution in [0.2, 0.25) is 0 Å². The van der Waals surface area contributed by atoms with Crippen LogP contribution < -0.4 is 0 Å². The average molecular weight is 273 g/mol. The highest BCUT2D eigenvalue weighted by atomic mass is 79.9. The highest BCUT2D eigenvalue weighted by Gasteiger charge is 2.23. The highest BCUT2D eigenvalue weighted by Crippen LogP contribution is 2.23. The van der Waals surface area contributed by atoms with Gasteiger partial charge in [0.2, 0.25) is 0 Å². The predicted molar refractivity (Wildman–Crippen MR) is 64.8 cm³/mol. The molecule has 0 bridgehead atoms. The van der Waals surface area contributed by atoms with Crippen molar-refractivity contribution in [3.05, 3.63) is 34.3 Å². The Balaban J connectivity index is 2.72. The van der Waals surface area contributed by atoms with E-state index in [0.717, 1.165) is 10.0 Å². The predicted octanol–water partition coefficient (Wildman–Crippen LogP) is 3.08. The molecule has 1 N–H and O–H groups in total. The topological polar surface area (TPSA) is 29.5 Å². The van der Waals surface area contributed by atoms with Crippen molar-refractivity contribution < 1.29 is 9.84 Å². The van der Waals surface area contributed by atoms with Crippen LogP contribution in [-0.4, -0.2) is 17.8 Å². The van der Waals surface area contributed by atoms with Gasteiger partial charge in [0, 0.05) is 4.47 Å². The standard InChI is InChI=1S/C12H17BrO2/c1-9(2)15-8-12(3,14)10-4-6-11(13)7-5-10/h4-7,9,14H,8H2,1-3H3. The van der Waals surface area contributed by atoms with Crippen molar-refractivity contribution in [3.8, 4) is 0 Å². The molecule has 0 aromatic heterocycles. The first-order chi connectivity index (χ1) is 6.92. The Hall–Kier alpha value is -0.380. The fraction of sp³-hybridized carbons (Fsp3) is 0.500. The zero-order valence-electron chi connectivity index (χ0n) is 9.33. The summed E-state index contributed by atoms with van der Waals surface area (Å²) in [5.41, 5.74) is -0.0586. The molecule has 0 aliphatic rings. The van der Waals surface area contributed by atoms with Gasteiger partial charge in [-0.25, -0.2) is 0 Å². The van der Waals surface area contributed by atoms with E-state index in [1.807, 2.05) is 38.1 Å². The van der Waals surface area contributed by atoms with Crippen LogP contribution in [0.1, 0.15) is 26.3 Å². The van der Waals surface area contributed by atoms with Gasteiger partial charge < -0.3 is 9.84 Å². The lowest BCUT2D eigenvalue weighted by Gasteiger charge is -2.25. The molecule has 0 aliphatic heterocycles. The third kappa shape index (κ3) is 3.93. The van der Waals surface area contributed by atoms with Gasteiger partial charge in [-0.2, -0.15) is 0 Å². The quantitative estimate of drug-likeness (QED) is 0.913. The molecular formula is C12H17BrO2. The van der Waals surface area contributed by atoms with Crippen LogP contribution in [0.15, 0.2) is 28.7 Å². The molecule has 84 valence electrons. The first-order valence-corrected chi connectivity index (χ1v) is 5.81. The van der Waals surface area contributed by atoms with Gasteiger partial charge in [0.1, 0.15) is 5.60 Å². The maximum absolute atomic E-state index is 10.2. The normalized spacial score (nSPS) is 15.3. The molecular weight excluding hydrogens is 256 g/mol. The number of halogens is 1. The first kappa shape index (κ1) is 12.7. The monoisotopic (exact) mass is 272 g/mol. The lowest BCUT2D eigenvalue weighted by atomic mass is 9.97. The SMILES string of the molecule is CC(C)OCC(C)(O)c1ccc(Br)cc1. The fourth-order valence-corrected chi connectivity index (χ4v) is 1.49. The second kappa shape index (κ2) is 5.10. The second-order valence-corrected chi connectivity index (χ2v) is 5.06. The van der Waals surface area contributed by atoms with E-state index < -0.39 is 5.60 Å². The molecule has 0 saturated heterocycles. The number of ether oxygens (including phenoxy) is 1. The summed E-state index contributed by atoms with van der Waals surface area (Å²) in [6.45, 7) is 5.99. The second-order valence-electron chi connectivity index (χ2n) is 4.14. The van der Waals surface area contributed by atoms with E-state index in [0.29, 0.717) is 6.61 Å². The minimum atomic E-state index is -0.926. The van der Waals surface area contributed by atoms with Crippen molar-refractivity contribution in [1.29, 1.82) is 0 Å². The fourth-order valence-electron chi connectivity index (χ4n) is 1.22. The minimum absolute atomic E-state index is 0.131. The molecule has 1 atom stereocenters. The van der Waals surface area contributed by atoms with Gasteiger partial charge in [-0.1, -0.05) is 28.1 Å². The van der Waals surface area contributed by atoms with Crippen molar-refractivity contribution in [2.45, 2.75) is 32.5 Å². The zero-order chi connectivity index (χ0) is 11.5. The number of aliphatic hydroxyl groups is 1. The number of hydrogen-bond acceptors (Lipinski definition) is 2. The van der Waals surface area contributed by atoms with E-state index in [4.69, 9.17) is 4.74 Å². The summed E-state index contributed by atoms with van der Waals surface area (Å²) in [5, 5.41) is 10.2. The van der Waals surface area contributed by atoms with Crippen LogP contribution >= 0.6 is 15.9 Å². The van der Waals surface area contributed by atoms with Gasteiger partial charge >= 0.3 is 0 Å². The summed E-state index contributed by atoms with van der Waals surface area (Å²) in [6, 6.07) is 7.62. The Morgan fingerprint density at radius 2 is 1.87 bits per heavy atom. The summed E-state index contributed by atoms with van der Waals surface area (Å²) in [4.78, 5) is 0. The number of benzene rings is 1. The zero-order valence-corrected chi connectivity index (χ0v) is 10.9. The van der Waals surface area contributed by atoms with E-state index in [2.05, 4.69) is 15.9 Å². The minimum Gasteiger partial charge on any atom is -0.383 e. The van der Waals surface area contributed by atoms with Gasteiger partial charge in [0.25, 0.3) is 0 Å². The number of rotatable bonds is 4. The third-order valence-corrected chi connectivity index (χ3v) is 2.69. The molecule has 0 amide bonds. The van der Waals surface area contributed by atoms with E-state index in [9.17, 15) is 5.11 Å². The van der Waals surface area contributed by atoms with E-state index in [1.54, 1.807) is 6.92 Å². The average Bonchev–Trinajstić information content (AvgIpc) is 2.16. The van der Waals surface area contributed by atoms with Crippen LogP contribution in [0.5, 0.6) is 0 Å². The Labute approximate surface area is 99.4 Å². The molecule has 0 radical (unpaired) electrons. The van der Waals surface area contributed by atoms with E-state index in [-0.39, 0.29) is 6.10 Å². The smallest absolute Gasteiger partial charge is 0.110 e. The Morgan fingerprint density at radius 3 is 2.33 bits per heavy atom. The third-order valence-electron chi connectivity index (χ3n) is 2.16. The molecule has 1 unspecified atom stereocenters. The van der Waals surface area contributed by atoms with Gasteiger partial charge in [-0.15, -0.1) is 0 Å². The summed E-state index contributed by atoms with van der Waals surface area (Å²) in [6.07, 6.45) is 0.131. The lowest BCUT2D eigenvalue weighted by molar-refractivity contribution is -0.0574. The van der Waals surface area contributed by atoms with E-state index >= 15 is 0 Å². The van der Waals surface area contributed by atoms with Gasteiger partial charge in [-0.3, -0.25) is 0 Å². The van der Waals surface area contributed by atoms with Crippen molar-refractivity contribution in [2.24, 2.45) is 0 Å². The van der Waals surface area contributed by atoms with Crippen LogP contribution in [-0.2, 0) is 10.3 Å². The summed E-state index contributed by atoms with van der Waals surface area (Å²) >= 11 is 3.36. The molecule has 0 spiro atoms.